The van der Waals surface area contributed by atoms with Crippen LogP contribution in [0.25, 0.3) is 0 Å². The average Bonchev–Trinajstić information content (AvgIpc) is 3.02. The summed E-state index contributed by atoms with van der Waals surface area (Å²) >= 11 is 0. The Bertz CT molecular complexity index is 575. The minimum atomic E-state index is -3.15. The lowest BCUT2D eigenvalue weighted by Gasteiger charge is -2.19. The Morgan fingerprint density at radius 3 is 2.64 bits per heavy atom. The number of sulfonamides is 1. The Kier molecular flexibility index (Phi) is 4.02. The maximum atomic E-state index is 12.1. The Morgan fingerprint density at radius 2 is 2.05 bits per heavy atom. The van der Waals surface area contributed by atoms with Gasteiger partial charge in [0.25, 0.3) is 0 Å². The van der Waals surface area contributed by atoms with E-state index in [2.05, 4.69) is 5.32 Å². The second-order valence-electron chi connectivity index (χ2n) is 6.40. The fraction of sp³-hybridized carbons (Fsp3) is 0.846. The molecule has 0 spiro atoms. The Balaban J connectivity index is 1.44. The van der Waals surface area contributed by atoms with Crippen molar-refractivity contribution in [1.82, 2.24) is 19.4 Å². The highest BCUT2D eigenvalue weighted by Crippen LogP contribution is 2.29. The number of amides is 3. The van der Waals surface area contributed by atoms with Gasteiger partial charge >= 0.3 is 6.03 Å². The van der Waals surface area contributed by atoms with Crippen molar-refractivity contribution in [2.24, 2.45) is 5.92 Å². The van der Waals surface area contributed by atoms with E-state index in [1.807, 2.05) is 0 Å². The van der Waals surface area contributed by atoms with Gasteiger partial charge in [-0.2, -0.15) is 0 Å². The number of carbonyl (C=O) groups is 2. The average molecular weight is 330 g/mol. The number of rotatable bonds is 4. The van der Waals surface area contributed by atoms with Crippen LogP contribution in [0, 0.1) is 5.92 Å². The molecule has 3 rings (SSSR count). The quantitative estimate of drug-likeness (QED) is 0.734. The van der Waals surface area contributed by atoms with Crippen LogP contribution < -0.4 is 5.32 Å². The smallest absolute Gasteiger partial charge is 0.319 e. The van der Waals surface area contributed by atoms with Crippen LogP contribution >= 0.6 is 0 Å². The maximum absolute atomic E-state index is 12.1. The van der Waals surface area contributed by atoms with Gasteiger partial charge in [0.05, 0.1) is 12.9 Å². The Morgan fingerprint density at radius 1 is 1.32 bits per heavy atom. The number of nitrogens with one attached hydrogen (secondary N) is 1. The molecule has 1 aliphatic carbocycles. The van der Waals surface area contributed by atoms with Crippen molar-refractivity contribution in [3.05, 3.63) is 0 Å². The monoisotopic (exact) mass is 330 g/mol. The topological polar surface area (TPSA) is 90.0 Å². The summed E-state index contributed by atoms with van der Waals surface area (Å²) in [6.07, 6.45) is 4.02. The minimum Gasteiger partial charge on any atom is -0.338 e. The number of hydrogen-bond acceptors (Lipinski definition) is 4. The highest BCUT2D eigenvalue weighted by Gasteiger charge is 2.40. The molecular formula is C13H22N4O4S. The van der Waals surface area contributed by atoms with Gasteiger partial charge < -0.3 is 10.2 Å². The summed E-state index contributed by atoms with van der Waals surface area (Å²) in [6.45, 7) is 1.92. The highest BCUT2D eigenvalue weighted by molar-refractivity contribution is 7.88. The van der Waals surface area contributed by atoms with Gasteiger partial charge in [0.2, 0.25) is 15.9 Å². The van der Waals surface area contributed by atoms with E-state index in [0.717, 1.165) is 19.3 Å². The largest absolute Gasteiger partial charge is 0.338 e. The molecule has 0 aromatic carbocycles. The molecule has 1 saturated carbocycles. The van der Waals surface area contributed by atoms with Gasteiger partial charge in [0.15, 0.2) is 0 Å². The zero-order chi connectivity index (χ0) is 15.9. The molecule has 2 heterocycles. The molecule has 1 unspecified atom stereocenters. The Hall–Kier alpha value is -1.35. The van der Waals surface area contributed by atoms with Crippen LogP contribution in [0.5, 0.6) is 0 Å². The summed E-state index contributed by atoms with van der Waals surface area (Å²) < 4.78 is 24.4. The normalized spacial score (nSPS) is 26.8. The molecule has 0 aromatic heterocycles. The van der Waals surface area contributed by atoms with E-state index in [0.29, 0.717) is 32.3 Å². The zero-order valence-electron chi connectivity index (χ0n) is 12.7. The van der Waals surface area contributed by atoms with Crippen molar-refractivity contribution in [3.8, 4) is 0 Å². The molecule has 3 amide bonds. The molecule has 22 heavy (non-hydrogen) atoms. The van der Waals surface area contributed by atoms with E-state index in [9.17, 15) is 18.0 Å². The molecule has 124 valence electrons. The zero-order valence-corrected chi connectivity index (χ0v) is 13.5. The van der Waals surface area contributed by atoms with E-state index in [1.54, 1.807) is 4.90 Å². The van der Waals surface area contributed by atoms with Crippen LogP contribution in [0.4, 0.5) is 4.79 Å². The molecular weight excluding hydrogens is 308 g/mol. The van der Waals surface area contributed by atoms with Crippen LogP contribution in [0.3, 0.4) is 0 Å². The van der Waals surface area contributed by atoms with Crippen molar-refractivity contribution in [2.75, 3.05) is 39.1 Å². The number of nitrogens with zero attached hydrogens (tertiary/aromatic N) is 3. The predicted molar refractivity (Wildman–Crippen MR) is 79.4 cm³/mol. The van der Waals surface area contributed by atoms with Crippen LogP contribution in [0.15, 0.2) is 0 Å². The summed E-state index contributed by atoms with van der Waals surface area (Å²) in [6, 6.07) is 0.0813. The van der Waals surface area contributed by atoms with Gasteiger partial charge in [0, 0.05) is 25.7 Å². The van der Waals surface area contributed by atoms with Crippen molar-refractivity contribution in [1.29, 1.82) is 0 Å². The molecule has 9 heteroatoms. The minimum absolute atomic E-state index is 0.0155. The lowest BCUT2D eigenvalue weighted by Crippen LogP contribution is -2.42. The maximum Gasteiger partial charge on any atom is 0.319 e. The van der Waals surface area contributed by atoms with E-state index >= 15 is 0 Å². The Labute approximate surface area is 130 Å². The van der Waals surface area contributed by atoms with Crippen LogP contribution in [0.1, 0.15) is 19.3 Å². The summed E-state index contributed by atoms with van der Waals surface area (Å²) in [5.74, 6) is 0.151. The molecule has 0 aromatic rings. The molecule has 8 nitrogen and oxygen atoms in total. The van der Waals surface area contributed by atoms with E-state index < -0.39 is 10.0 Å². The molecule has 0 bridgehead atoms. The van der Waals surface area contributed by atoms with Crippen molar-refractivity contribution in [2.45, 2.75) is 25.3 Å². The highest BCUT2D eigenvalue weighted by atomic mass is 32.2. The predicted octanol–water partition coefficient (Wildman–Crippen LogP) is -0.758. The number of carbonyl (C=O) groups excluding carboxylic acids is 2. The van der Waals surface area contributed by atoms with Gasteiger partial charge in [-0.3, -0.25) is 9.69 Å². The van der Waals surface area contributed by atoms with Gasteiger partial charge in [-0.05, 0) is 25.2 Å². The van der Waals surface area contributed by atoms with E-state index in [1.165, 1.54) is 15.5 Å². The first kappa shape index (κ1) is 15.5. The van der Waals surface area contributed by atoms with E-state index in [-0.39, 0.29) is 24.4 Å². The number of urea groups is 1. The van der Waals surface area contributed by atoms with Gasteiger partial charge in [-0.1, -0.05) is 0 Å². The molecule has 1 atom stereocenters. The summed E-state index contributed by atoms with van der Waals surface area (Å²) in [7, 11) is -3.15. The second kappa shape index (κ2) is 5.69. The third-order valence-electron chi connectivity index (χ3n) is 4.50. The summed E-state index contributed by atoms with van der Waals surface area (Å²) in [5, 5.41) is 2.83. The first-order valence-corrected chi connectivity index (χ1v) is 9.47. The van der Waals surface area contributed by atoms with Crippen molar-refractivity contribution >= 4 is 22.0 Å². The third kappa shape index (κ3) is 3.35. The standard InChI is InChI=1S/C13H22N4O4S/c1-22(20,21)16-5-4-10(7-16)6-14-13(19)15-8-12(18)17(9-15)11-2-3-11/h10-11H,2-9H2,1H3,(H,14,19). The van der Waals surface area contributed by atoms with Gasteiger partial charge in [-0.25, -0.2) is 17.5 Å². The van der Waals surface area contributed by atoms with Crippen LogP contribution in [-0.4, -0.2) is 79.6 Å². The summed E-state index contributed by atoms with van der Waals surface area (Å²) in [5.41, 5.74) is 0. The van der Waals surface area contributed by atoms with Crippen molar-refractivity contribution in [3.63, 3.8) is 0 Å². The first-order chi connectivity index (χ1) is 10.3. The fourth-order valence-electron chi connectivity index (χ4n) is 3.02. The van der Waals surface area contributed by atoms with Gasteiger partial charge in [0.1, 0.15) is 6.54 Å². The second-order valence-corrected chi connectivity index (χ2v) is 8.38. The third-order valence-corrected chi connectivity index (χ3v) is 5.77. The van der Waals surface area contributed by atoms with Crippen LogP contribution in [-0.2, 0) is 14.8 Å². The SMILES string of the molecule is CS(=O)(=O)N1CCC(CNC(=O)N2CC(=O)N(C3CC3)C2)C1. The first-order valence-electron chi connectivity index (χ1n) is 7.62. The molecule has 0 radical (unpaired) electrons. The van der Waals surface area contributed by atoms with Crippen molar-refractivity contribution < 1.29 is 18.0 Å². The number of hydrogen-bond donors (Lipinski definition) is 1. The fourth-order valence-corrected chi connectivity index (χ4v) is 3.94. The molecule has 2 aliphatic heterocycles. The van der Waals surface area contributed by atoms with Gasteiger partial charge in [-0.15, -0.1) is 0 Å². The molecule has 2 saturated heterocycles. The molecule has 1 N–H and O–H groups in total. The molecule has 3 aliphatic rings. The van der Waals surface area contributed by atoms with Crippen LogP contribution in [0.2, 0.25) is 0 Å². The molecule has 3 fully saturated rings. The lowest BCUT2D eigenvalue weighted by atomic mass is 10.1. The van der Waals surface area contributed by atoms with E-state index in [4.69, 9.17) is 0 Å². The lowest BCUT2D eigenvalue weighted by molar-refractivity contribution is -0.127. The summed E-state index contributed by atoms with van der Waals surface area (Å²) in [4.78, 5) is 27.2.